The minimum absolute atomic E-state index is 0.356. The second-order valence-electron chi connectivity index (χ2n) is 3.26. The number of rotatable bonds is 2. The highest BCUT2D eigenvalue weighted by Crippen LogP contribution is 2.13. The van der Waals surface area contributed by atoms with Crippen LogP contribution >= 0.6 is 15.9 Å². The Morgan fingerprint density at radius 1 is 1.35 bits per heavy atom. The molecule has 0 spiro atoms. The van der Waals surface area contributed by atoms with Crippen LogP contribution in [0.15, 0.2) is 33.4 Å². The first-order valence-corrected chi connectivity index (χ1v) is 5.55. The van der Waals surface area contributed by atoms with Gasteiger partial charge in [-0.05, 0) is 19.1 Å². The molecule has 0 aliphatic rings. The second kappa shape index (κ2) is 4.96. The normalized spacial score (nSPS) is 10.0. The number of anilines is 2. The van der Waals surface area contributed by atoms with Crippen LogP contribution in [0.5, 0.6) is 0 Å². The second-order valence-corrected chi connectivity index (χ2v) is 4.18. The van der Waals surface area contributed by atoms with E-state index in [-0.39, 0.29) is 0 Å². The highest BCUT2D eigenvalue weighted by atomic mass is 79.9. The molecule has 0 aliphatic carbocycles. The van der Waals surface area contributed by atoms with E-state index in [4.69, 9.17) is 4.52 Å². The molecule has 2 heterocycles. The summed E-state index contributed by atoms with van der Waals surface area (Å²) in [4.78, 5) is 15.5. The lowest BCUT2D eigenvalue weighted by molar-refractivity contribution is 0.262. The van der Waals surface area contributed by atoms with Crippen LogP contribution in [0.25, 0.3) is 0 Å². The summed E-state index contributed by atoms with van der Waals surface area (Å²) in [6, 6.07) is 4.65. The maximum absolute atomic E-state index is 11.5. The molecular weight excluding hydrogens is 288 g/mol. The van der Waals surface area contributed by atoms with Gasteiger partial charge in [-0.2, -0.15) is 0 Å². The Balaban J connectivity index is 1.98. The van der Waals surface area contributed by atoms with Crippen LogP contribution in [-0.2, 0) is 0 Å². The van der Waals surface area contributed by atoms with Gasteiger partial charge in [0.25, 0.3) is 0 Å². The molecule has 0 saturated carbocycles. The average Bonchev–Trinajstić information content (AvgIpc) is 2.63. The van der Waals surface area contributed by atoms with Crippen LogP contribution in [0.4, 0.5) is 16.4 Å². The van der Waals surface area contributed by atoms with Crippen LogP contribution in [0.1, 0.15) is 5.76 Å². The van der Waals surface area contributed by atoms with Crippen molar-refractivity contribution >= 4 is 33.6 Å². The van der Waals surface area contributed by atoms with E-state index < -0.39 is 6.03 Å². The molecule has 0 unspecified atom stereocenters. The molecule has 17 heavy (non-hydrogen) atoms. The quantitative estimate of drug-likeness (QED) is 0.893. The lowest BCUT2D eigenvalue weighted by atomic mass is 10.4. The fraction of sp³-hybridized carbons (Fsp3) is 0.100. The number of nitrogens with zero attached hydrogens (tertiary/aromatic N) is 2. The van der Waals surface area contributed by atoms with Gasteiger partial charge in [-0.15, -0.1) is 0 Å². The number of urea groups is 1. The van der Waals surface area contributed by atoms with Gasteiger partial charge in [0.1, 0.15) is 11.6 Å². The van der Waals surface area contributed by atoms with Crippen molar-refractivity contribution in [2.45, 2.75) is 6.92 Å². The van der Waals surface area contributed by atoms with Gasteiger partial charge in [0.2, 0.25) is 0 Å². The number of amides is 2. The molecule has 2 rings (SSSR count). The van der Waals surface area contributed by atoms with E-state index in [0.29, 0.717) is 17.4 Å². The molecule has 0 bridgehead atoms. The molecule has 2 aromatic rings. The van der Waals surface area contributed by atoms with Crippen molar-refractivity contribution in [3.63, 3.8) is 0 Å². The fourth-order valence-corrected chi connectivity index (χ4v) is 1.50. The monoisotopic (exact) mass is 296 g/mol. The van der Waals surface area contributed by atoms with Crippen molar-refractivity contribution < 1.29 is 9.32 Å². The predicted octanol–water partition coefficient (Wildman–Crippen LogP) is 2.78. The fourth-order valence-electron chi connectivity index (χ4n) is 1.16. The summed E-state index contributed by atoms with van der Waals surface area (Å²) < 4.78 is 5.65. The van der Waals surface area contributed by atoms with E-state index in [1.165, 1.54) is 0 Å². The largest absolute Gasteiger partial charge is 0.360 e. The lowest BCUT2D eigenvalue weighted by Gasteiger charge is -2.03. The Hall–Kier alpha value is -1.89. The van der Waals surface area contributed by atoms with Crippen molar-refractivity contribution in [3.8, 4) is 0 Å². The number of aryl methyl sites for hydroxylation is 1. The Labute approximate surface area is 106 Å². The van der Waals surface area contributed by atoms with Crippen LogP contribution in [-0.4, -0.2) is 16.2 Å². The maximum Gasteiger partial charge on any atom is 0.326 e. The average molecular weight is 297 g/mol. The molecule has 88 valence electrons. The first-order chi connectivity index (χ1) is 8.13. The molecule has 2 aromatic heterocycles. The molecule has 2 N–H and O–H groups in total. The third kappa shape index (κ3) is 3.28. The number of hydrogen-bond acceptors (Lipinski definition) is 4. The van der Waals surface area contributed by atoms with Gasteiger partial charge < -0.3 is 4.52 Å². The topological polar surface area (TPSA) is 80.0 Å². The molecule has 6 nitrogen and oxygen atoms in total. The van der Waals surface area contributed by atoms with Crippen molar-refractivity contribution in [1.29, 1.82) is 0 Å². The SMILES string of the molecule is Cc1cc(NC(=O)Nc2cc(Br)ccn2)no1. The highest BCUT2D eigenvalue weighted by Gasteiger charge is 2.06. The van der Waals surface area contributed by atoms with Gasteiger partial charge >= 0.3 is 6.03 Å². The standard InChI is InChI=1S/C10H9BrN4O2/c1-6-4-9(15-17-6)14-10(16)13-8-5-7(11)2-3-12-8/h2-5H,1H3,(H2,12,13,14,15,16). The summed E-state index contributed by atoms with van der Waals surface area (Å²) in [7, 11) is 0. The molecule has 0 fully saturated rings. The molecular formula is C10H9BrN4O2. The summed E-state index contributed by atoms with van der Waals surface area (Å²) in [6.45, 7) is 1.74. The molecule has 0 atom stereocenters. The van der Waals surface area contributed by atoms with Crippen LogP contribution < -0.4 is 10.6 Å². The number of pyridine rings is 1. The number of carbonyl (C=O) groups is 1. The number of carbonyl (C=O) groups excluding carboxylic acids is 1. The zero-order valence-electron chi connectivity index (χ0n) is 8.90. The zero-order chi connectivity index (χ0) is 12.3. The van der Waals surface area contributed by atoms with E-state index in [1.807, 2.05) is 0 Å². The molecule has 0 aliphatic heterocycles. The van der Waals surface area contributed by atoms with Crippen LogP contribution in [0.3, 0.4) is 0 Å². The van der Waals surface area contributed by atoms with Gasteiger partial charge in [-0.25, -0.2) is 9.78 Å². The van der Waals surface area contributed by atoms with Gasteiger partial charge in [0.05, 0.1) is 0 Å². The minimum Gasteiger partial charge on any atom is -0.360 e. The summed E-state index contributed by atoms with van der Waals surface area (Å²) in [5, 5.41) is 8.73. The van der Waals surface area contributed by atoms with Gasteiger partial charge in [0.15, 0.2) is 5.82 Å². The van der Waals surface area contributed by atoms with E-state index in [1.54, 1.807) is 31.3 Å². The molecule has 0 radical (unpaired) electrons. The number of nitrogens with one attached hydrogen (secondary N) is 2. The lowest BCUT2D eigenvalue weighted by Crippen LogP contribution is -2.20. The van der Waals surface area contributed by atoms with Gasteiger partial charge in [0, 0.05) is 16.7 Å². The Morgan fingerprint density at radius 3 is 2.76 bits per heavy atom. The van der Waals surface area contributed by atoms with Crippen molar-refractivity contribution in [2.75, 3.05) is 10.6 Å². The van der Waals surface area contributed by atoms with Crippen LogP contribution in [0, 0.1) is 6.92 Å². The summed E-state index contributed by atoms with van der Waals surface area (Å²) in [5.41, 5.74) is 0. The van der Waals surface area contributed by atoms with E-state index in [9.17, 15) is 4.79 Å². The van der Waals surface area contributed by atoms with E-state index in [0.717, 1.165) is 4.47 Å². The third-order valence-electron chi connectivity index (χ3n) is 1.83. The van der Waals surface area contributed by atoms with E-state index >= 15 is 0 Å². The number of halogens is 1. The van der Waals surface area contributed by atoms with Gasteiger partial charge in [-0.1, -0.05) is 21.1 Å². The third-order valence-corrected chi connectivity index (χ3v) is 2.33. The number of hydrogen-bond donors (Lipinski definition) is 2. The molecule has 7 heteroatoms. The number of aromatic nitrogens is 2. The molecule has 0 aromatic carbocycles. The molecule has 2 amide bonds. The maximum atomic E-state index is 11.5. The Bertz CT molecular complexity index is 541. The van der Waals surface area contributed by atoms with Gasteiger partial charge in [-0.3, -0.25) is 10.6 Å². The predicted molar refractivity (Wildman–Crippen MR) is 65.8 cm³/mol. The zero-order valence-corrected chi connectivity index (χ0v) is 10.5. The minimum atomic E-state index is -0.427. The summed E-state index contributed by atoms with van der Waals surface area (Å²) in [6.07, 6.45) is 1.58. The summed E-state index contributed by atoms with van der Waals surface area (Å²) in [5.74, 6) is 1.42. The van der Waals surface area contributed by atoms with E-state index in [2.05, 4.69) is 36.7 Å². The first-order valence-electron chi connectivity index (χ1n) is 4.76. The Kier molecular flexibility index (Phi) is 3.38. The van der Waals surface area contributed by atoms with Crippen molar-refractivity contribution in [1.82, 2.24) is 10.1 Å². The first kappa shape index (κ1) is 11.6. The summed E-state index contributed by atoms with van der Waals surface area (Å²) >= 11 is 3.28. The molecule has 0 saturated heterocycles. The van der Waals surface area contributed by atoms with Crippen LogP contribution in [0.2, 0.25) is 0 Å². The van der Waals surface area contributed by atoms with Crippen molar-refractivity contribution in [3.05, 3.63) is 34.6 Å². The van der Waals surface area contributed by atoms with Crippen molar-refractivity contribution in [2.24, 2.45) is 0 Å². The Morgan fingerprint density at radius 2 is 2.12 bits per heavy atom. The smallest absolute Gasteiger partial charge is 0.326 e. The highest BCUT2D eigenvalue weighted by molar-refractivity contribution is 9.10.